The SMILES string of the molecule is COc1ccc(S(=O)(=O)N(C)[C@H](C)c2ccc(-n3cncn3)cc2)cc1OC. The van der Waals surface area contributed by atoms with Gasteiger partial charge in [0.05, 0.1) is 24.8 Å². The average Bonchev–Trinajstić information content (AvgIpc) is 3.27. The number of nitrogens with zero attached hydrogens (tertiary/aromatic N) is 4. The lowest BCUT2D eigenvalue weighted by Gasteiger charge is -2.25. The summed E-state index contributed by atoms with van der Waals surface area (Å²) in [5.41, 5.74) is 1.70. The number of aromatic nitrogens is 3. The maximum atomic E-state index is 13.1. The third-order valence-electron chi connectivity index (χ3n) is 4.64. The number of hydrogen-bond donors (Lipinski definition) is 0. The molecule has 3 aromatic rings. The fraction of sp³-hybridized carbons (Fsp3) is 0.263. The van der Waals surface area contributed by atoms with Crippen LogP contribution < -0.4 is 9.47 Å². The molecule has 0 aliphatic carbocycles. The zero-order valence-corrected chi connectivity index (χ0v) is 16.9. The van der Waals surface area contributed by atoms with Crippen molar-refractivity contribution in [2.75, 3.05) is 21.3 Å². The number of sulfonamides is 1. The fourth-order valence-electron chi connectivity index (χ4n) is 2.81. The van der Waals surface area contributed by atoms with Crippen molar-refractivity contribution in [2.24, 2.45) is 0 Å². The maximum Gasteiger partial charge on any atom is 0.243 e. The Morgan fingerprint density at radius 3 is 2.29 bits per heavy atom. The van der Waals surface area contributed by atoms with Crippen LogP contribution in [-0.4, -0.2) is 48.8 Å². The van der Waals surface area contributed by atoms with Crippen molar-refractivity contribution in [3.05, 3.63) is 60.7 Å². The Balaban J connectivity index is 1.86. The Kier molecular flexibility index (Phi) is 5.66. The molecule has 3 rings (SSSR count). The van der Waals surface area contributed by atoms with Crippen molar-refractivity contribution in [3.8, 4) is 17.2 Å². The molecule has 1 aromatic heterocycles. The molecule has 2 aromatic carbocycles. The van der Waals surface area contributed by atoms with Gasteiger partial charge in [0.1, 0.15) is 12.7 Å². The van der Waals surface area contributed by atoms with Gasteiger partial charge in [-0.05, 0) is 36.8 Å². The van der Waals surface area contributed by atoms with E-state index in [9.17, 15) is 8.42 Å². The molecule has 1 heterocycles. The third-order valence-corrected chi connectivity index (χ3v) is 6.56. The van der Waals surface area contributed by atoms with Crippen LogP contribution in [0.2, 0.25) is 0 Å². The number of hydrogen-bond acceptors (Lipinski definition) is 6. The van der Waals surface area contributed by atoms with Crippen molar-refractivity contribution in [3.63, 3.8) is 0 Å². The molecule has 0 spiro atoms. The van der Waals surface area contributed by atoms with E-state index in [-0.39, 0.29) is 10.9 Å². The van der Waals surface area contributed by atoms with Gasteiger partial charge < -0.3 is 9.47 Å². The van der Waals surface area contributed by atoms with Crippen molar-refractivity contribution in [1.82, 2.24) is 19.1 Å². The molecule has 0 saturated carbocycles. The first-order chi connectivity index (χ1) is 13.4. The molecule has 0 aliphatic rings. The Morgan fingerprint density at radius 2 is 1.71 bits per heavy atom. The van der Waals surface area contributed by atoms with Gasteiger partial charge in [-0.15, -0.1) is 0 Å². The van der Waals surface area contributed by atoms with Gasteiger partial charge in [0.15, 0.2) is 11.5 Å². The van der Waals surface area contributed by atoms with Gasteiger partial charge in [-0.2, -0.15) is 9.40 Å². The van der Waals surface area contributed by atoms with Crippen LogP contribution in [0, 0.1) is 0 Å². The summed E-state index contributed by atoms with van der Waals surface area (Å²) in [4.78, 5) is 4.06. The number of benzene rings is 2. The number of ether oxygens (including phenoxy) is 2. The molecule has 0 unspecified atom stereocenters. The van der Waals surface area contributed by atoms with Crippen molar-refractivity contribution in [2.45, 2.75) is 17.9 Å². The standard InChI is InChI=1S/C19H22N4O4S/c1-14(15-5-7-16(8-6-15)23-13-20-12-21-23)22(2)28(24,25)17-9-10-18(26-3)19(11-17)27-4/h5-14H,1-4H3/t14-/m1/s1. The first-order valence-electron chi connectivity index (χ1n) is 8.53. The van der Waals surface area contributed by atoms with Crippen LogP contribution in [0.1, 0.15) is 18.5 Å². The summed E-state index contributed by atoms with van der Waals surface area (Å²) in [5, 5.41) is 4.08. The Morgan fingerprint density at radius 1 is 1.04 bits per heavy atom. The molecule has 0 radical (unpaired) electrons. The van der Waals surface area contributed by atoms with Gasteiger partial charge in [0, 0.05) is 19.2 Å². The summed E-state index contributed by atoms with van der Waals surface area (Å²) in [6.45, 7) is 1.84. The summed E-state index contributed by atoms with van der Waals surface area (Å²) in [5.74, 6) is 0.836. The van der Waals surface area contributed by atoms with E-state index in [1.54, 1.807) is 24.1 Å². The summed E-state index contributed by atoms with van der Waals surface area (Å²) in [6, 6.07) is 11.7. The molecule has 0 amide bonds. The van der Waals surface area contributed by atoms with Crippen molar-refractivity contribution >= 4 is 10.0 Å². The van der Waals surface area contributed by atoms with Gasteiger partial charge in [-0.1, -0.05) is 12.1 Å². The molecule has 0 N–H and O–H groups in total. The zero-order valence-electron chi connectivity index (χ0n) is 16.1. The molecule has 148 valence electrons. The fourth-order valence-corrected chi connectivity index (χ4v) is 4.18. The molecular weight excluding hydrogens is 380 g/mol. The summed E-state index contributed by atoms with van der Waals surface area (Å²) in [6.07, 6.45) is 3.06. The van der Waals surface area contributed by atoms with Crippen molar-refractivity contribution < 1.29 is 17.9 Å². The molecule has 0 bridgehead atoms. The van der Waals surface area contributed by atoms with Gasteiger partial charge in [0.25, 0.3) is 0 Å². The van der Waals surface area contributed by atoms with Crippen LogP contribution in [-0.2, 0) is 10.0 Å². The lowest BCUT2D eigenvalue weighted by molar-refractivity contribution is 0.353. The van der Waals surface area contributed by atoms with Crippen LogP contribution in [0.25, 0.3) is 5.69 Å². The van der Waals surface area contributed by atoms with Crippen LogP contribution in [0.3, 0.4) is 0 Å². The largest absolute Gasteiger partial charge is 0.493 e. The van der Waals surface area contributed by atoms with E-state index >= 15 is 0 Å². The van der Waals surface area contributed by atoms with Crippen LogP contribution >= 0.6 is 0 Å². The second-order valence-electron chi connectivity index (χ2n) is 6.15. The van der Waals surface area contributed by atoms with Gasteiger partial charge >= 0.3 is 0 Å². The lowest BCUT2D eigenvalue weighted by Crippen LogP contribution is -2.29. The Bertz CT molecular complexity index is 1030. The molecule has 0 fully saturated rings. The van der Waals surface area contributed by atoms with Crippen molar-refractivity contribution in [1.29, 1.82) is 0 Å². The molecule has 9 heteroatoms. The second-order valence-corrected chi connectivity index (χ2v) is 8.14. The summed E-state index contributed by atoms with van der Waals surface area (Å²) >= 11 is 0. The number of rotatable bonds is 7. The molecule has 8 nitrogen and oxygen atoms in total. The highest BCUT2D eigenvalue weighted by molar-refractivity contribution is 7.89. The van der Waals surface area contributed by atoms with E-state index in [1.165, 1.54) is 37.0 Å². The maximum absolute atomic E-state index is 13.1. The molecule has 0 saturated heterocycles. The van der Waals surface area contributed by atoms with E-state index in [0.717, 1.165) is 11.3 Å². The molecule has 28 heavy (non-hydrogen) atoms. The van der Waals surface area contributed by atoms with Crippen LogP contribution in [0.15, 0.2) is 60.0 Å². The Hall–Kier alpha value is -2.91. The minimum atomic E-state index is -3.73. The molecule has 0 aliphatic heterocycles. The van der Waals surface area contributed by atoms with E-state index in [4.69, 9.17) is 9.47 Å². The molecule has 1 atom stereocenters. The van der Waals surface area contributed by atoms with Gasteiger partial charge in [-0.3, -0.25) is 0 Å². The first-order valence-corrected chi connectivity index (χ1v) is 9.97. The van der Waals surface area contributed by atoms with Crippen LogP contribution in [0.4, 0.5) is 0 Å². The summed E-state index contributed by atoms with van der Waals surface area (Å²) in [7, 11) is 0.803. The average molecular weight is 402 g/mol. The third kappa shape index (κ3) is 3.71. The highest BCUT2D eigenvalue weighted by Crippen LogP contribution is 2.32. The highest BCUT2D eigenvalue weighted by atomic mass is 32.2. The number of methoxy groups -OCH3 is 2. The first kappa shape index (κ1) is 19.8. The monoisotopic (exact) mass is 402 g/mol. The molecular formula is C19H22N4O4S. The van der Waals surface area contributed by atoms with E-state index in [0.29, 0.717) is 11.5 Å². The van der Waals surface area contributed by atoms with E-state index in [2.05, 4.69) is 10.1 Å². The van der Waals surface area contributed by atoms with Gasteiger partial charge in [0.2, 0.25) is 10.0 Å². The lowest BCUT2D eigenvalue weighted by atomic mass is 10.1. The van der Waals surface area contributed by atoms with E-state index in [1.807, 2.05) is 31.2 Å². The quantitative estimate of drug-likeness (QED) is 0.604. The topological polar surface area (TPSA) is 86.6 Å². The minimum absolute atomic E-state index is 0.138. The van der Waals surface area contributed by atoms with E-state index < -0.39 is 10.0 Å². The minimum Gasteiger partial charge on any atom is -0.493 e. The highest BCUT2D eigenvalue weighted by Gasteiger charge is 2.27. The van der Waals surface area contributed by atoms with Gasteiger partial charge in [-0.25, -0.2) is 18.1 Å². The second kappa shape index (κ2) is 7.99. The predicted octanol–water partition coefficient (Wildman–Crippen LogP) is 2.67. The predicted molar refractivity (Wildman–Crippen MR) is 104 cm³/mol. The smallest absolute Gasteiger partial charge is 0.243 e. The zero-order chi connectivity index (χ0) is 20.3. The summed E-state index contributed by atoms with van der Waals surface area (Å²) < 4.78 is 39.5. The Labute approximate surface area is 164 Å². The van der Waals surface area contributed by atoms with Crippen LogP contribution in [0.5, 0.6) is 11.5 Å². The normalized spacial score (nSPS) is 12.8.